The van der Waals surface area contributed by atoms with Crippen LogP contribution in [0.4, 0.5) is 10.1 Å². The zero-order valence-corrected chi connectivity index (χ0v) is 14.1. The summed E-state index contributed by atoms with van der Waals surface area (Å²) in [6.07, 6.45) is 0.323. The Hall–Kier alpha value is -2.28. The molecule has 1 aliphatic rings. The SMILES string of the molecule is CCC(=O)N=C(Cc1ccc(N)c(F)c1)C(=O)N1CCN(C)CC1. The van der Waals surface area contributed by atoms with E-state index in [1.165, 1.54) is 12.1 Å². The van der Waals surface area contributed by atoms with Crippen molar-refractivity contribution in [1.29, 1.82) is 0 Å². The highest BCUT2D eigenvalue weighted by Gasteiger charge is 2.24. The Kier molecular flexibility index (Phi) is 6.03. The van der Waals surface area contributed by atoms with E-state index in [9.17, 15) is 14.0 Å². The van der Waals surface area contributed by atoms with E-state index in [1.54, 1.807) is 17.9 Å². The van der Waals surface area contributed by atoms with Gasteiger partial charge in [-0.1, -0.05) is 13.0 Å². The van der Waals surface area contributed by atoms with E-state index in [0.717, 1.165) is 13.1 Å². The fourth-order valence-corrected chi connectivity index (χ4v) is 2.46. The van der Waals surface area contributed by atoms with Crippen LogP contribution in [0.2, 0.25) is 0 Å². The van der Waals surface area contributed by atoms with Crippen LogP contribution >= 0.6 is 0 Å². The van der Waals surface area contributed by atoms with Crippen molar-refractivity contribution in [3.63, 3.8) is 0 Å². The predicted octanol–water partition coefficient (Wildman–Crippen LogP) is 1.10. The number of hydrogen-bond acceptors (Lipinski definition) is 4. The van der Waals surface area contributed by atoms with Gasteiger partial charge in [-0.25, -0.2) is 9.38 Å². The Morgan fingerprint density at radius 1 is 1.25 bits per heavy atom. The molecular weight excluding hydrogens is 311 g/mol. The highest BCUT2D eigenvalue weighted by atomic mass is 19.1. The van der Waals surface area contributed by atoms with Gasteiger partial charge in [0.2, 0.25) is 5.91 Å². The van der Waals surface area contributed by atoms with Crippen molar-refractivity contribution in [2.45, 2.75) is 19.8 Å². The second-order valence-electron chi connectivity index (χ2n) is 5.93. The molecule has 0 unspecified atom stereocenters. The zero-order chi connectivity index (χ0) is 17.7. The molecule has 1 aromatic carbocycles. The van der Waals surface area contributed by atoms with Crippen molar-refractivity contribution in [1.82, 2.24) is 9.80 Å². The van der Waals surface area contributed by atoms with Gasteiger partial charge in [0.05, 0.1) is 5.69 Å². The molecular formula is C17H23FN4O2. The third kappa shape index (κ3) is 4.61. The molecule has 0 saturated carbocycles. The fraction of sp³-hybridized carbons (Fsp3) is 0.471. The first-order valence-corrected chi connectivity index (χ1v) is 8.02. The van der Waals surface area contributed by atoms with Crippen LogP contribution in [-0.4, -0.2) is 60.6 Å². The number of rotatable bonds is 4. The number of carbonyl (C=O) groups excluding carboxylic acids is 2. The van der Waals surface area contributed by atoms with Crippen molar-refractivity contribution in [2.24, 2.45) is 4.99 Å². The van der Waals surface area contributed by atoms with Crippen LogP contribution in [0.3, 0.4) is 0 Å². The van der Waals surface area contributed by atoms with Gasteiger partial charge in [-0.05, 0) is 24.7 Å². The number of benzene rings is 1. The molecule has 7 heteroatoms. The molecule has 0 spiro atoms. The third-order valence-electron chi connectivity index (χ3n) is 4.04. The highest BCUT2D eigenvalue weighted by Crippen LogP contribution is 2.14. The molecule has 6 nitrogen and oxygen atoms in total. The number of likely N-dealkylation sites (N-methyl/N-ethyl adjacent to an activating group) is 1. The smallest absolute Gasteiger partial charge is 0.268 e. The summed E-state index contributed by atoms with van der Waals surface area (Å²) in [6, 6.07) is 4.37. The van der Waals surface area contributed by atoms with Gasteiger partial charge in [0.15, 0.2) is 0 Å². The largest absolute Gasteiger partial charge is 0.396 e. The summed E-state index contributed by atoms with van der Waals surface area (Å²) in [5.74, 6) is -1.16. The number of hydrogen-bond donors (Lipinski definition) is 1. The van der Waals surface area contributed by atoms with Crippen LogP contribution < -0.4 is 5.73 Å². The molecule has 2 N–H and O–H groups in total. The van der Waals surface area contributed by atoms with Gasteiger partial charge in [-0.15, -0.1) is 0 Å². The molecule has 1 fully saturated rings. The monoisotopic (exact) mass is 334 g/mol. The Morgan fingerprint density at radius 3 is 2.50 bits per heavy atom. The van der Waals surface area contributed by atoms with Gasteiger partial charge in [0.1, 0.15) is 11.5 Å². The van der Waals surface area contributed by atoms with Crippen LogP contribution in [0.15, 0.2) is 23.2 Å². The summed E-state index contributed by atoms with van der Waals surface area (Å²) in [5.41, 5.74) is 6.23. The molecule has 24 heavy (non-hydrogen) atoms. The first-order chi connectivity index (χ1) is 11.4. The number of nitrogen functional groups attached to an aromatic ring is 1. The maximum Gasteiger partial charge on any atom is 0.268 e. The van der Waals surface area contributed by atoms with Crippen molar-refractivity contribution >= 4 is 23.2 Å². The summed E-state index contributed by atoms with van der Waals surface area (Å²) >= 11 is 0. The summed E-state index contributed by atoms with van der Waals surface area (Å²) in [4.78, 5) is 32.2. The normalized spacial score (nSPS) is 16.3. The van der Waals surface area contributed by atoms with Crippen LogP contribution in [0.5, 0.6) is 0 Å². The lowest BCUT2D eigenvalue weighted by Gasteiger charge is -2.32. The van der Waals surface area contributed by atoms with Crippen LogP contribution in [0.25, 0.3) is 0 Å². The van der Waals surface area contributed by atoms with E-state index in [0.29, 0.717) is 18.7 Å². The summed E-state index contributed by atoms with van der Waals surface area (Å²) in [6.45, 7) is 4.41. The molecule has 1 saturated heterocycles. The molecule has 2 rings (SSSR count). The van der Waals surface area contributed by atoms with Crippen molar-refractivity contribution in [3.05, 3.63) is 29.6 Å². The van der Waals surface area contributed by atoms with Gasteiger partial charge in [0, 0.05) is 39.0 Å². The Morgan fingerprint density at radius 2 is 1.92 bits per heavy atom. The summed E-state index contributed by atoms with van der Waals surface area (Å²) in [7, 11) is 1.99. The standard InChI is InChI=1S/C17H23FN4O2/c1-3-16(23)20-15(11-12-4-5-14(19)13(18)10-12)17(24)22-8-6-21(2)7-9-22/h4-5,10H,3,6-9,11,19H2,1-2H3. The van der Waals surface area contributed by atoms with E-state index >= 15 is 0 Å². The van der Waals surface area contributed by atoms with Gasteiger partial charge in [-0.3, -0.25) is 9.59 Å². The number of aliphatic imine (C=N–C) groups is 1. The topological polar surface area (TPSA) is 79.0 Å². The van der Waals surface area contributed by atoms with Gasteiger partial charge in [-0.2, -0.15) is 0 Å². The highest BCUT2D eigenvalue weighted by molar-refractivity contribution is 6.40. The van der Waals surface area contributed by atoms with Crippen LogP contribution in [0.1, 0.15) is 18.9 Å². The second-order valence-corrected chi connectivity index (χ2v) is 5.93. The first-order valence-electron chi connectivity index (χ1n) is 8.02. The van der Waals surface area contributed by atoms with E-state index in [2.05, 4.69) is 9.89 Å². The average molecular weight is 334 g/mol. The molecule has 0 aliphatic carbocycles. The van der Waals surface area contributed by atoms with E-state index in [-0.39, 0.29) is 36.1 Å². The molecule has 0 atom stereocenters. The van der Waals surface area contributed by atoms with Crippen molar-refractivity contribution < 1.29 is 14.0 Å². The number of piperazine rings is 1. The minimum atomic E-state index is -0.541. The van der Waals surface area contributed by atoms with E-state index < -0.39 is 5.82 Å². The van der Waals surface area contributed by atoms with Crippen molar-refractivity contribution in [2.75, 3.05) is 39.0 Å². The fourth-order valence-electron chi connectivity index (χ4n) is 2.46. The lowest BCUT2D eigenvalue weighted by Crippen LogP contribution is -2.49. The Bertz CT molecular complexity index is 652. The Balaban J connectivity index is 2.21. The average Bonchev–Trinajstić information content (AvgIpc) is 2.57. The number of nitrogens with zero attached hydrogens (tertiary/aromatic N) is 3. The second kappa shape index (κ2) is 8.01. The molecule has 1 aromatic rings. The molecule has 0 aromatic heterocycles. The van der Waals surface area contributed by atoms with Gasteiger partial charge in [0.25, 0.3) is 5.91 Å². The Labute approximate surface area is 141 Å². The number of nitrogens with two attached hydrogens (primary N) is 1. The molecule has 0 bridgehead atoms. The lowest BCUT2D eigenvalue weighted by atomic mass is 10.1. The van der Waals surface area contributed by atoms with E-state index in [1.807, 2.05) is 7.05 Å². The minimum Gasteiger partial charge on any atom is -0.396 e. The number of halogens is 1. The molecule has 2 amide bonds. The number of amides is 2. The number of anilines is 1. The molecule has 0 radical (unpaired) electrons. The first kappa shape index (κ1) is 18.1. The quantitative estimate of drug-likeness (QED) is 0.661. The summed E-state index contributed by atoms with van der Waals surface area (Å²) in [5, 5.41) is 0. The predicted molar refractivity (Wildman–Crippen MR) is 91.3 cm³/mol. The minimum absolute atomic E-state index is 0.0484. The van der Waals surface area contributed by atoms with Gasteiger partial charge >= 0.3 is 0 Å². The lowest BCUT2D eigenvalue weighted by molar-refractivity contribution is -0.126. The molecule has 1 heterocycles. The molecule has 130 valence electrons. The van der Waals surface area contributed by atoms with Crippen LogP contribution in [-0.2, 0) is 16.0 Å². The summed E-state index contributed by atoms with van der Waals surface area (Å²) < 4.78 is 13.6. The third-order valence-corrected chi connectivity index (χ3v) is 4.04. The van der Waals surface area contributed by atoms with Crippen LogP contribution in [0, 0.1) is 5.82 Å². The zero-order valence-electron chi connectivity index (χ0n) is 14.1. The molecule has 1 aliphatic heterocycles. The van der Waals surface area contributed by atoms with Gasteiger partial charge < -0.3 is 15.5 Å². The maximum absolute atomic E-state index is 13.6. The number of carbonyl (C=O) groups is 2. The van der Waals surface area contributed by atoms with Crippen molar-refractivity contribution in [3.8, 4) is 0 Å². The maximum atomic E-state index is 13.6. The van der Waals surface area contributed by atoms with E-state index in [4.69, 9.17) is 5.73 Å².